The third-order valence-electron chi connectivity index (χ3n) is 3.87. The largest absolute Gasteiger partial charge is 0.399 e. The molecular formula is C19H17FN2O. The normalized spacial score (nSPS) is 12.1. The second kappa shape index (κ2) is 6.08. The topological polar surface area (TPSA) is 55.1 Å². The predicted octanol–water partition coefficient (Wildman–Crippen LogP) is 4.05. The highest BCUT2D eigenvalue weighted by Gasteiger charge is 2.16. The van der Waals surface area contributed by atoms with Crippen LogP contribution in [0.5, 0.6) is 0 Å². The van der Waals surface area contributed by atoms with Crippen LogP contribution < -0.4 is 11.1 Å². The fraction of sp³-hybridized carbons (Fsp3) is 0.105. The molecule has 0 bridgehead atoms. The zero-order valence-corrected chi connectivity index (χ0v) is 12.7. The molecule has 23 heavy (non-hydrogen) atoms. The number of halogens is 1. The van der Waals surface area contributed by atoms with Crippen molar-refractivity contribution in [1.82, 2.24) is 5.32 Å². The Labute approximate surface area is 133 Å². The first kappa shape index (κ1) is 15.0. The van der Waals surface area contributed by atoms with Gasteiger partial charge in [0.2, 0.25) is 0 Å². The minimum absolute atomic E-state index is 0.0444. The van der Waals surface area contributed by atoms with E-state index in [1.165, 1.54) is 18.2 Å². The van der Waals surface area contributed by atoms with E-state index in [2.05, 4.69) is 5.32 Å². The van der Waals surface area contributed by atoms with E-state index in [1.807, 2.05) is 49.4 Å². The second-order valence-corrected chi connectivity index (χ2v) is 5.50. The van der Waals surface area contributed by atoms with E-state index in [0.717, 1.165) is 16.3 Å². The number of carbonyl (C=O) groups is 1. The van der Waals surface area contributed by atoms with Gasteiger partial charge in [-0.2, -0.15) is 0 Å². The van der Waals surface area contributed by atoms with Crippen LogP contribution >= 0.6 is 0 Å². The number of rotatable bonds is 3. The number of hydrogen-bond donors (Lipinski definition) is 2. The molecule has 3 rings (SSSR count). The van der Waals surface area contributed by atoms with E-state index in [-0.39, 0.29) is 11.6 Å². The average Bonchev–Trinajstić information content (AvgIpc) is 2.56. The molecule has 0 radical (unpaired) electrons. The van der Waals surface area contributed by atoms with Crippen molar-refractivity contribution >= 4 is 22.4 Å². The number of fused-ring (bicyclic) bond motifs is 1. The summed E-state index contributed by atoms with van der Waals surface area (Å²) in [5.74, 6) is -1.06. The van der Waals surface area contributed by atoms with Crippen molar-refractivity contribution in [2.45, 2.75) is 13.0 Å². The first-order valence-electron chi connectivity index (χ1n) is 7.40. The zero-order chi connectivity index (χ0) is 16.4. The predicted molar refractivity (Wildman–Crippen MR) is 90.6 cm³/mol. The fourth-order valence-corrected chi connectivity index (χ4v) is 2.70. The lowest BCUT2D eigenvalue weighted by molar-refractivity contribution is 0.0936. The van der Waals surface area contributed by atoms with E-state index >= 15 is 0 Å². The van der Waals surface area contributed by atoms with E-state index in [4.69, 9.17) is 5.73 Å². The summed E-state index contributed by atoms with van der Waals surface area (Å²) < 4.78 is 13.8. The van der Waals surface area contributed by atoms with Crippen LogP contribution in [0.3, 0.4) is 0 Å². The summed E-state index contributed by atoms with van der Waals surface area (Å²) in [4.78, 5) is 12.3. The third-order valence-corrected chi connectivity index (χ3v) is 3.87. The van der Waals surface area contributed by atoms with Gasteiger partial charge in [0, 0.05) is 5.69 Å². The molecule has 0 fully saturated rings. The van der Waals surface area contributed by atoms with Gasteiger partial charge in [-0.05, 0) is 41.5 Å². The number of anilines is 1. The quantitative estimate of drug-likeness (QED) is 0.717. The van der Waals surface area contributed by atoms with Gasteiger partial charge in [0.25, 0.3) is 5.91 Å². The lowest BCUT2D eigenvalue weighted by Crippen LogP contribution is -2.27. The molecule has 0 unspecified atom stereocenters. The Kier molecular flexibility index (Phi) is 3.98. The first-order valence-corrected chi connectivity index (χ1v) is 7.40. The molecule has 0 aromatic heterocycles. The molecule has 3 aromatic carbocycles. The van der Waals surface area contributed by atoms with Crippen LogP contribution in [0.25, 0.3) is 10.8 Å². The van der Waals surface area contributed by atoms with E-state index in [1.54, 1.807) is 0 Å². The van der Waals surface area contributed by atoms with Crippen molar-refractivity contribution < 1.29 is 9.18 Å². The van der Waals surface area contributed by atoms with Gasteiger partial charge in [-0.1, -0.05) is 42.5 Å². The van der Waals surface area contributed by atoms with Crippen molar-refractivity contribution in [2.75, 3.05) is 5.73 Å². The SMILES string of the molecule is C[C@@H](NC(=O)c1cc(N)ccc1F)c1cccc2ccccc12. The van der Waals surface area contributed by atoms with Gasteiger partial charge in [0.05, 0.1) is 11.6 Å². The molecule has 0 aliphatic carbocycles. The zero-order valence-electron chi connectivity index (χ0n) is 12.7. The van der Waals surface area contributed by atoms with Crippen molar-refractivity contribution in [3.05, 3.63) is 77.6 Å². The smallest absolute Gasteiger partial charge is 0.254 e. The molecule has 116 valence electrons. The van der Waals surface area contributed by atoms with E-state index in [0.29, 0.717) is 5.69 Å². The molecule has 4 heteroatoms. The van der Waals surface area contributed by atoms with E-state index in [9.17, 15) is 9.18 Å². The molecule has 3 N–H and O–H groups in total. The Bertz CT molecular complexity index is 871. The monoisotopic (exact) mass is 308 g/mol. The molecule has 0 heterocycles. The van der Waals surface area contributed by atoms with Crippen LogP contribution in [0.15, 0.2) is 60.7 Å². The Hall–Kier alpha value is -2.88. The number of nitrogen functional groups attached to an aromatic ring is 1. The number of amides is 1. The maximum atomic E-state index is 13.8. The maximum Gasteiger partial charge on any atom is 0.254 e. The third kappa shape index (κ3) is 3.01. The van der Waals surface area contributed by atoms with Gasteiger partial charge in [-0.3, -0.25) is 4.79 Å². The Morgan fingerprint density at radius 3 is 2.65 bits per heavy atom. The molecule has 1 amide bonds. The highest BCUT2D eigenvalue weighted by atomic mass is 19.1. The van der Waals surface area contributed by atoms with Crippen LogP contribution in [0.4, 0.5) is 10.1 Å². The lowest BCUT2D eigenvalue weighted by atomic mass is 9.99. The standard InChI is InChI=1S/C19H17FN2O/c1-12(15-8-4-6-13-5-2-3-7-16(13)15)22-19(23)17-11-14(21)9-10-18(17)20/h2-12H,21H2,1H3,(H,22,23)/t12-/m1/s1. The number of nitrogens with two attached hydrogens (primary N) is 1. The summed E-state index contributed by atoms with van der Waals surface area (Å²) >= 11 is 0. The van der Waals surface area contributed by atoms with Gasteiger partial charge in [-0.15, -0.1) is 0 Å². The van der Waals surface area contributed by atoms with Crippen molar-refractivity contribution in [2.24, 2.45) is 0 Å². The van der Waals surface area contributed by atoms with Crippen LogP contribution in [0.2, 0.25) is 0 Å². The summed E-state index contributed by atoms with van der Waals surface area (Å²) in [6, 6.07) is 17.6. The minimum atomic E-state index is -0.582. The Balaban J connectivity index is 1.90. The second-order valence-electron chi connectivity index (χ2n) is 5.50. The molecule has 0 saturated carbocycles. The minimum Gasteiger partial charge on any atom is -0.399 e. The van der Waals surface area contributed by atoms with Crippen LogP contribution in [-0.2, 0) is 0 Å². The molecule has 0 aliphatic rings. The summed E-state index contributed by atoms with van der Waals surface area (Å²) in [6.45, 7) is 1.88. The molecule has 0 saturated heterocycles. The van der Waals surface area contributed by atoms with Gasteiger partial charge in [-0.25, -0.2) is 4.39 Å². The van der Waals surface area contributed by atoms with Crippen molar-refractivity contribution in [1.29, 1.82) is 0 Å². The summed E-state index contributed by atoms with van der Waals surface area (Å²) in [5.41, 5.74) is 6.93. The highest BCUT2D eigenvalue weighted by molar-refractivity contribution is 5.96. The van der Waals surface area contributed by atoms with Crippen LogP contribution in [0, 0.1) is 5.82 Å². The van der Waals surface area contributed by atoms with Gasteiger partial charge in [0.15, 0.2) is 0 Å². The molecule has 0 aliphatic heterocycles. The van der Waals surface area contributed by atoms with Crippen LogP contribution in [-0.4, -0.2) is 5.91 Å². The highest BCUT2D eigenvalue weighted by Crippen LogP contribution is 2.24. The molecule has 3 aromatic rings. The summed E-state index contributed by atoms with van der Waals surface area (Å²) in [7, 11) is 0. The number of nitrogens with one attached hydrogen (secondary N) is 1. The molecule has 0 spiro atoms. The van der Waals surface area contributed by atoms with Crippen LogP contribution in [0.1, 0.15) is 28.9 Å². The molecular weight excluding hydrogens is 291 g/mol. The summed E-state index contributed by atoms with van der Waals surface area (Å²) in [5, 5.41) is 5.00. The number of carbonyl (C=O) groups excluding carboxylic acids is 1. The van der Waals surface area contributed by atoms with Crippen molar-refractivity contribution in [3.63, 3.8) is 0 Å². The fourth-order valence-electron chi connectivity index (χ4n) is 2.70. The number of hydrogen-bond acceptors (Lipinski definition) is 2. The number of benzene rings is 3. The van der Waals surface area contributed by atoms with Gasteiger partial charge in [0.1, 0.15) is 5.82 Å². The maximum absolute atomic E-state index is 13.8. The van der Waals surface area contributed by atoms with Gasteiger partial charge < -0.3 is 11.1 Å². The van der Waals surface area contributed by atoms with E-state index < -0.39 is 11.7 Å². The summed E-state index contributed by atoms with van der Waals surface area (Å²) in [6.07, 6.45) is 0. The molecule has 1 atom stereocenters. The Morgan fingerprint density at radius 1 is 1.09 bits per heavy atom. The molecule has 3 nitrogen and oxygen atoms in total. The first-order chi connectivity index (χ1) is 11.1. The lowest BCUT2D eigenvalue weighted by Gasteiger charge is -2.17. The van der Waals surface area contributed by atoms with Gasteiger partial charge >= 0.3 is 0 Å². The average molecular weight is 308 g/mol. The van der Waals surface area contributed by atoms with Crippen molar-refractivity contribution in [3.8, 4) is 0 Å². The Morgan fingerprint density at radius 2 is 1.83 bits per heavy atom.